The summed E-state index contributed by atoms with van der Waals surface area (Å²) in [6, 6.07) is 0. The predicted octanol–water partition coefficient (Wildman–Crippen LogP) is 2.30. The molecule has 0 aromatic carbocycles. The zero-order valence-corrected chi connectivity index (χ0v) is 5.58. The average Bonchev–Trinajstić information content (AvgIpc) is 2.66. The molecule has 0 nitrogen and oxygen atoms in total. The van der Waals surface area contributed by atoms with E-state index in [1.54, 1.807) is 5.92 Å². The first-order chi connectivity index (χ1) is 4.96. The van der Waals surface area contributed by atoms with Crippen LogP contribution in [0.4, 0.5) is 17.6 Å². The van der Waals surface area contributed by atoms with Gasteiger partial charge in [-0.25, -0.2) is 8.78 Å². The van der Waals surface area contributed by atoms with Crippen molar-refractivity contribution in [3.63, 3.8) is 0 Å². The third kappa shape index (κ3) is 0.991. The van der Waals surface area contributed by atoms with Gasteiger partial charge < -0.3 is 0 Å². The highest BCUT2D eigenvalue weighted by Crippen LogP contribution is 2.58. The Kier molecular flexibility index (Phi) is 1.62. The summed E-state index contributed by atoms with van der Waals surface area (Å²) in [5, 5.41) is 0. The molecule has 0 aliphatic heterocycles. The Hall–Kier alpha value is -0.720. The Bertz CT molecular complexity index is 197. The summed E-state index contributed by atoms with van der Waals surface area (Å²) in [5.41, 5.74) is -1.85. The zero-order chi connectivity index (χ0) is 8.70. The molecule has 0 N–H and O–H groups in total. The maximum absolute atomic E-state index is 12.5. The van der Waals surface area contributed by atoms with Crippen molar-refractivity contribution in [3.05, 3.63) is 0 Å². The Morgan fingerprint density at radius 2 is 1.82 bits per heavy atom. The Balaban J connectivity index is 2.82. The molecule has 1 aliphatic rings. The van der Waals surface area contributed by atoms with Crippen LogP contribution in [0.1, 0.15) is 12.8 Å². The second-order valence-electron chi connectivity index (χ2n) is 2.65. The SMILES string of the molecule is C#CC1(C(F)(F)C(F)F)CC1. The summed E-state index contributed by atoms with van der Waals surface area (Å²) in [6.45, 7) is 0. The lowest BCUT2D eigenvalue weighted by Gasteiger charge is -2.20. The van der Waals surface area contributed by atoms with Crippen LogP contribution < -0.4 is 0 Å². The van der Waals surface area contributed by atoms with Crippen molar-refractivity contribution in [1.82, 2.24) is 0 Å². The lowest BCUT2D eigenvalue weighted by molar-refractivity contribution is -0.160. The van der Waals surface area contributed by atoms with Gasteiger partial charge in [-0.3, -0.25) is 0 Å². The van der Waals surface area contributed by atoms with Crippen LogP contribution in [0, 0.1) is 17.8 Å². The monoisotopic (exact) mass is 166 g/mol. The Labute approximate surface area is 61.6 Å². The summed E-state index contributed by atoms with van der Waals surface area (Å²) < 4.78 is 48.4. The molecular weight excluding hydrogens is 160 g/mol. The number of hydrogen-bond acceptors (Lipinski definition) is 0. The van der Waals surface area contributed by atoms with Gasteiger partial charge in [-0.2, -0.15) is 8.78 Å². The van der Waals surface area contributed by atoms with Gasteiger partial charge in [0, 0.05) is 0 Å². The van der Waals surface area contributed by atoms with Crippen LogP contribution in [-0.4, -0.2) is 12.3 Å². The van der Waals surface area contributed by atoms with E-state index in [0.717, 1.165) is 0 Å². The van der Waals surface area contributed by atoms with E-state index in [2.05, 4.69) is 0 Å². The molecule has 0 saturated heterocycles. The molecule has 62 valence electrons. The largest absolute Gasteiger partial charge is 0.323 e. The third-order valence-corrected chi connectivity index (χ3v) is 1.94. The molecule has 0 amide bonds. The van der Waals surface area contributed by atoms with E-state index in [-0.39, 0.29) is 12.8 Å². The van der Waals surface area contributed by atoms with Gasteiger partial charge in [-0.15, -0.1) is 6.42 Å². The molecule has 1 saturated carbocycles. The molecular formula is C7H6F4. The van der Waals surface area contributed by atoms with Crippen molar-refractivity contribution in [2.75, 3.05) is 0 Å². The normalized spacial score (nSPS) is 21.5. The summed E-state index contributed by atoms with van der Waals surface area (Å²) in [4.78, 5) is 0. The van der Waals surface area contributed by atoms with Crippen molar-refractivity contribution < 1.29 is 17.6 Å². The van der Waals surface area contributed by atoms with Crippen LogP contribution in [0.3, 0.4) is 0 Å². The second kappa shape index (κ2) is 2.13. The van der Waals surface area contributed by atoms with Crippen molar-refractivity contribution in [2.24, 2.45) is 5.41 Å². The first-order valence-electron chi connectivity index (χ1n) is 3.10. The van der Waals surface area contributed by atoms with Gasteiger partial charge in [0.2, 0.25) is 0 Å². The highest BCUT2D eigenvalue weighted by molar-refractivity contribution is 5.21. The smallest absolute Gasteiger partial charge is 0.204 e. The zero-order valence-electron chi connectivity index (χ0n) is 5.58. The fraction of sp³-hybridized carbons (Fsp3) is 0.714. The molecule has 0 heterocycles. The van der Waals surface area contributed by atoms with Crippen LogP contribution in [0.25, 0.3) is 0 Å². The predicted molar refractivity (Wildman–Crippen MR) is 31.5 cm³/mol. The van der Waals surface area contributed by atoms with Crippen LogP contribution in [0.2, 0.25) is 0 Å². The van der Waals surface area contributed by atoms with Crippen molar-refractivity contribution in [1.29, 1.82) is 0 Å². The number of hydrogen-bond donors (Lipinski definition) is 0. The molecule has 0 bridgehead atoms. The lowest BCUT2D eigenvalue weighted by atomic mass is 10.00. The number of alkyl halides is 4. The van der Waals surface area contributed by atoms with E-state index in [9.17, 15) is 17.6 Å². The molecule has 1 rings (SSSR count). The van der Waals surface area contributed by atoms with Crippen molar-refractivity contribution in [3.8, 4) is 12.3 Å². The van der Waals surface area contributed by atoms with Crippen molar-refractivity contribution in [2.45, 2.75) is 25.2 Å². The maximum atomic E-state index is 12.5. The number of halogens is 4. The van der Waals surface area contributed by atoms with Gasteiger partial charge in [0.05, 0.1) is 0 Å². The molecule has 11 heavy (non-hydrogen) atoms. The molecule has 0 radical (unpaired) electrons. The standard InChI is InChI=1S/C7H6F4/c1-2-6(3-4-6)7(10,11)5(8)9/h1,5H,3-4H2. The molecule has 4 heteroatoms. The number of rotatable bonds is 2. The first kappa shape index (κ1) is 8.38. The van der Waals surface area contributed by atoms with Crippen LogP contribution in [-0.2, 0) is 0 Å². The fourth-order valence-electron chi connectivity index (χ4n) is 0.908. The molecule has 1 fully saturated rings. The maximum Gasteiger partial charge on any atom is 0.323 e. The number of terminal acetylenes is 1. The van der Waals surface area contributed by atoms with E-state index in [1.165, 1.54) is 0 Å². The molecule has 0 spiro atoms. The van der Waals surface area contributed by atoms with Crippen molar-refractivity contribution >= 4 is 0 Å². The minimum Gasteiger partial charge on any atom is -0.204 e. The molecule has 1 aliphatic carbocycles. The summed E-state index contributed by atoms with van der Waals surface area (Å²) in [6.07, 6.45) is 1.08. The quantitative estimate of drug-likeness (QED) is 0.436. The van der Waals surface area contributed by atoms with E-state index in [0.29, 0.717) is 0 Å². The Morgan fingerprint density at radius 3 is 1.91 bits per heavy atom. The second-order valence-corrected chi connectivity index (χ2v) is 2.65. The topological polar surface area (TPSA) is 0 Å². The van der Waals surface area contributed by atoms with E-state index in [1.807, 2.05) is 0 Å². The van der Waals surface area contributed by atoms with Crippen LogP contribution in [0.5, 0.6) is 0 Å². The van der Waals surface area contributed by atoms with Gasteiger partial charge in [-0.05, 0) is 12.8 Å². The van der Waals surface area contributed by atoms with Gasteiger partial charge in [0.1, 0.15) is 5.41 Å². The van der Waals surface area contributed by atoms with Gasteiger partial charge in [-0.1, -0.05) is 5.92 Å². The highest BCUT2D eigenvalue weighted by atomic mass is 19.3. The minimum absolute atomic E-state index is 0.000833. The highest BCUT2D eigenvalue weighted by Gasteiger charge is 2.66. The third-order valence-electron chi connectivity index (χ3n) is 1.94. The summed E-state index contributed by atoms with van der Waals surface area (Å²) in [7, 11) is 0. The van der Waals surface area contributed by atoms with Crippen LogP contribution >= 0.6 is 0 Å². The molecule has 0 aromatic rings. The fourth-order valence-corrected chi connectivity index (χ4v) is 0.908. The van der Waals surface area contributed by atoms with E-state index < -0.39 is 17.8 Å². The lowest BCUT2D eigenvalue weighted by Crippen LogP contribution is -2.36. The van der Waals surface area contributed by atoms with Gasteiger partial charge in [0.15, 0.2) is 0 Å². The van der Waals surface area contributed by atoms with E-state index in [4.69, 9.17) is 6.42 Å². The molecule has 0 atom stereocenters. The first-order valence-corrected chi connectivity index (χ1v) is 3.10. The molecule has 0 aromatic heterocycles. The minimum atomic E-state index is -4.01. The van der Waals surface area contributed by atoms with Gasteiger partial charge >= 0.3 is 12.3 Å². The summed E-state index contributed by atoms with van der Waals surface area (Å²) in [5.74, 6) is -2.27. The molecule has 0 unspecified atom stereocenters. The summed E-state index contributed by atoms with van der Waals surface area (Å²) >= 11 is 0. The van der Waals surface area contributed by atoms with Crippen LogP contribution in [0.15, 0.2) is 0 Å². The van der Waals surface area contributed by atoms with Gasteiger partial charge in [0.25, 0.3) is 0 Å². The van der Waals surface area contributed by atoms with E-state index >= 15 is 0 Å². The average molecular weight is 166 g/mol. The Morgan fingerprint density at radius 1 is 1.36 bits per heavy atom.